The third-order valence-electron chi connectivity index (χ3n) is 4.54. The maximum Gasteiger partial charge on any atom is 0.00755 e. The molecule has 0 amide bonds. The summed E-state index contributed by atoms with van der Waals surface area (Å²) in [5, 5.41) is 3.76. The molecule has 0 heterocycles. The minimum Gasteiger partial charge on any atom is -0.313 e. The standard InChI is InChI=1S/C15H29NS/c1-11(16-7-8-17-15(2,3)4)14-10-12-5-6-13(14)9-12/h11-14,16H,5-10H2,1-4H3. The monoisotopic (exact) mass is 255 g/mol. The van der Waals surface area contributed by atoms with Gasteiger partial charge in [0.15, 0.2) is 0 Å². The van der Waals surface area contributed by atoms with Gasteiger partial charge in [-0.3, -0.25) is 0 Å². The van der Waals surface area contributed by atoms with Gasteiger partial charge in [0.25, 0.3) is 0 Å². The summed E-state index contributed by atoms with van der Waals surface area (Å²) in [4.78, 5) is 0. The fraction of sp³-hybridized carbons (Fsp3) is 1.00. The van der Waals surface area contributed by atoms with Gasteiger partial charge in [0.1, 0.15) is 0 Å². The Labute approximate surface area is 112 Å². The molecule has 1 nitrogen and oxygen atoms in total. The first kappa shape index (κ1) is 13.7. The molecule has 100 valence electrons. The van der Waals surface area contributed by atoms with Crippen LogP contribution in [0.25, 0.3) is 0 Å². The Balaban J connectivity index is 1.63. The van der Waals surface area contributed by atoms with Gasteiger partial charge in [0.2, 0.25) is 0 Å². The van der Waals surface area contributed by atoms with Gasteiger partial charge in [-0.2, -0.15) is 11.8 Å². The van der Waals surface area contributed by atoms with Crippen molar-refractivity contribution in [1.82, 2.24) is 5.32 Å². The lowest BCUT2D eigenvalue weighted by molar-refractivity contribution is 0.263. The van der Waals surface area contributed by atoms with E-state index < -0.39 is 0 Å². The van der Waals surface area contributed by atoms with E-state index in [9.17, 15) is 0 Å². The molecule has 0 aromatic heterocycles. The average Bonchev–Trinajstić information content (AvgIpc) is 2.84. The lowest BCUT2D eigenvalue weighted by atomic mass is 9.84. The lowest BCUT2D eigenvalue weighted by Gasteiger charge is -2.29. The number of fused-ring (bicyclic) bond motifs is 2. The number of hydrogen-bond acceptors (Lipinski definition) is 2. The van der Waals surface area contributed by atoms with Crippen molar-refractivity contribution in [1.29, 1.82) is 0 Å². The molecule has 0 radical (unpaired) electrons. The smallest absolute Gasteiger partial charge is 0.00755 e. The summed E-state index contributed by atoms with van der Waals surface area (Å²) < 4.78 is 0.414. The predicted molar refractivity (Wildman–Crippen MR) is 78.6 cm³/mol. The van der Waals surface area contributed by atoms with Gasteiger partial charge in [-0.05, 0) is 43.9 Å². The van der Waals surface area contributed by atoms with Crippen LogP contribution in [0.2, 0.25) is 0 Å². The van der Waals surface area contributed by atoms with Gasteiger partial charge >= 0.3 is 0 Å². The molecule has 0 aliphatic heterocycles. The Hall–Kier alpha value is 0.310. The molecule has 2 bridgehead atoms. The molecular formula is C15H29NS. The Morgan fingerprint density at radius 3 is 2.53 bits per heavy atom. The second-order valence-corrected chi connectivity index (χ2v) is 8.96. The summed E-state index contributed by atoms with van der Waals surface area (Å²) in [6, 6.07) is 0.742. The number of hydrogen-bond donors (Lipinski definition) is 1. The van der Waals surface area contributed by atoms with Crippen LogP contribution >= 0.6 is 11.8 Å². The van der Waals surface area contributed by atoms with E-state index >= 15 is 0 Å². The van der Waals surface area contributed by atoms with Crippen LogP contribution in [0.3, 0.4) is 0 Å². The normalized spacial score (nSPS) is 34.2. The fourth-order valence-corrected chi connectivity index (χ4v) is 4.53. The van der Waals surface area contributed by atoms with Crippen LogP contribution in [0.5, 0.6) is 0 Å². The zero-order valence-electron chi connectivity index (χ0n) is 12.0. The van der Waals surface area contributed by atoms with Crippen molar-refractivity contribution in [3.8, 4) is 0 Å². The molecule has 4 unspecified atom stereocenters. The van der Waals surface area contributed by atoms with Crippen LogP contribution < -0.4 is 5.32 Å². The highest BCUT2D eigenvalue weighted by Gasteiger charge is 2.41. The molecule has 4 atom stereocenters. The van der Waals surface area contributed by atoms with Crippen LogP contribution in [0, 0.1) is 17.8 Å². The van der Waals surface area contributed by atoms with Crippen LogP contribution in [-0.2, 0) is 0 Å². The average molecular weight is 255 g/mol. The van der Waals surface area contributed by atoms with Crippen LogP contribution in [0.15, 0.2) is 0 Å². The van der Waals surface area contributed by atoms with Gasteiger partial charge in [-0.25, -0.2) is 0 Å². The Morgan fingerprint density at radius 1 is 1.24 bits per heavy atom. The molecule has 2 rings (SSSR count). The Kier molecular flexibility index (Phi) is 4.46. The minimum absolute atomic E-state index is 0.414. The largest absolute Gasteiger partial charge is 0.313 e. The van der Waals surface area contributed by atoms with Crippen molar-refractivity contribution < 1.29 is 0 Å². The molecule has 2 saturated carbocycles. The van der Waals surface area contributed by atoms with E-state index in [1.54, 1.807) is 0 Å². The summed E-state index contributed by atoms with van der Waals surface area (Å²) in [6.45, 7) is 10.5. The third kappa shape index (κ3) is 3.89. The Bertz CT molecular complexity index is 246. The molecule has 1 N–H and O–H groups in total. The molecule has 0 spiro atoms. The molecule has 2 heteroatoms. The maximum absolute atomic E-state index is 3.76. The van der Waals surface area contributed by atoms with Crippen molar-refractivity contribution in [3.63, 3.8) is 0 Å². The van der Waals surface area contributed by atoms with E-state index in [0.717, 1.165) is 23.8 Å². The molecule has 2 aliphatic rings. The van der Waals surface area contributed by atoms with Crippen LogP contribution in [0.1, 0.15) is 53.4 Å². The van der Waals surface area contributed by atoms with Gasteiger partial charge in [-0.15, -0.1) is 0 Å². The fourth-order valence-electron chi connectivity index (χ4n) is 3.70. The van der Waals surface area contributed by atoms with E-state index in [-0.39, 0.29) is 0 Å². The van der Waals surface area contributed by atoms with Crippen LogP contribution in [0.4, 0.5) is 0 Å². The summed E-state index contributed by atoms with van der Waals surface area (Å²) >= 11 is 2.07. The molecule has 0 saturated heterocycles. The van der Waals surface area contributed by atoms with E-state index in [2.05, 4.69) is 44.8 Å². The molecular weight excluding hydrogens is 226 g/mol. The second-order valence-electron chi connectivity index (χ2n) is 7.04. The second kappa shape index (κ2) is 5.52. The van der Waals surface area contributed by atoms with E-state index in [0.29, 0.717) is 4.75 Å². The minimum atomic E-state index is 0.414. The Morgan fingerprint density at radius 2 is 2.00 bits per heavy atom. The summed E-state index contributed by atoms with van der Waals surface area (Å²) in [6.07, 6.45) is 6.07. The summed E-state index contributed by atoms with van der Waals surface area (Å²) in [5.41, 5.74) is 0. The highest BCUT2D eigenvalue weighted by molar-refractivity contribution is 8.00. The first-order chi connectivity index (χ1) is 7.96. The third-order valence-corrected chi connectivity index (χ3v) is 5.81. The van der Waals surface area contributed by atoms with Crippen LogP contribution in [-0.4, -0.2) is 23.1 Å². The molecule has 17 heavy (non-hydrogen) atoms. The number of nitrogens with one attached hydrogen (secondary N) is 1. The van der Waals surface area contributed by atoms with Crippen molar-refractivity contribution in [2.24, 2.45) is 17.8 Å². The first-order valence-electron chi connectivity index (χ1n) is 7.33. The summed E-state index contributed by atoms with van der Waals surface area (Å²) in [5.74, 6) is 4.36. The highest BCUT2D eigenvalue weighted by Crippen LogP contribution is 2.49. The van der Waals surface area contributed by atoms with Crippen molar-refractivity contribution in [2.45, 2.75) is 64.2 Å². The number of thioether (sulfide) groups is 1. The van der Waals surface area contributed by atoms with E-state index in [1.807, 2.05) is 0 Å². The zero-order chi connectivity index (χ0) is 12.5. The van der Waals surface area contributed by atoms with Gasteiger partial charge in [0, 0.05) is 23.1 Å². The molecule has 0 aromatic rings. The summed E-state index contributed by atoms with van der Waals surface area (Å²) in [7, 11) is 0. The van der Waals surface area contributed by atoms with Gasteiger partial charge in [-0.1, -0.05) is 27.2 Å². The quantitative estimate of drug-likeness (QED) is 0.747. The van der Waals surface area contributed by atoms with Crippen molar-refractivity contribution in [2.75, 3.05) is 12.3 Å². The predicted octanol–water partition coefficient (Wildman–Crippen LogP) is 3.93. The first-order valence-corrected chi connectivity index (χ1v) is 8.31. The van der Waals surface area contributed by atoms with E-state index in [4.69, 9.17) is 0 Å². The highest BCUT2D eigenvalue weighted by atomic mass is 32.2. The SMILES string of the molecule is CC(NCCSC(C)(C)C)C1CC2CCC1C2. The molecule has 2 aliphatic carbocycles. The maximum atomic E-state index is 3.76. The van der Waals surface area contributed by atoms with Gasteiger partial charge in [0.05, 0.1) is 0 Å². The van der Waals surface area contributed by atoms with Crippen molar-refractivity contribution in [3.05, 3.63) is 0 Å². The van der Waals surface area contributed by atoms with E-state index in [1.165, 1.54) is 38.0 Å². The topological polar surface area (TPSA) is 12.0 Å². The lowest BCUT2D eigenvalue weighted by Crippen LogP contribution is -2.37. The molecule has 0 aromatic carbocycles. The zero-order valence-corrected chi connectivity index (χ0v) is 12.8. The molecule has 2 fully saturated rings. The van der Waals surface area contributed by atoms with Crippen molar-refractivity contribution >= 4 is 11.8 Å². The van der Waals surface area contributed by atoms with Gasteiger partial charge < -0.3 is 5.32 Å². The number of rotatable bonds is 5.